The highest BCUT2D eigenvalue weighted by Gasteiger charge is 2.11. The number of amides is 3. The van der Waals surface area contributed by atoms with Gasteiger partial charge in [-0.25, -0.2) is 4.79 Å². The Kier molecular flexibility index (Phi) is 5.36. The Morgan fingerprint density at radius 3 is 2.64 bits per heavy atom. The van der Waals surface area contributed by atoms with E-state index in [1.54, 1.807) is 0 Å². The van der Waals surface area contributed by atoms with Crippen LogP contribution in [-0.2, 0) is 4.79 Å². The van der Waals surface area contributed by atoms with Crippen LogP contribution in [0.1, 0.15) is 31.4 Å². The molecule has 4 N–H and O–H groups in total. The molecule has 22 heavy (non-hydrogen) atoms. The van der Waals surface area contributed by atoms with E-state index >= 15 is 0 Å². The summed E-state index contributed by atoms with van der Waals surface area (Å²) in [5.74, 6) is -0.355. The second-order valence-corrected chi connectivity index (χ2v) is 5.26. The van der Waals surface area contributed by atoms with Crippen molar-refractivity contribution in [2.45, 2.75) is 25.8 Å². The average molecular weight is 299 g/mol. The third-order valence-corrected chi connectivity index (χ3v) is 3.52. The highest BCUT2D eigenvalue weighted by atomic mass is 16.2. The van der Waals surface area contributed by atoms with E-state index in [-0.39, 0.29) is 24.4 Å². The van der Waals surface area contributed by atoms with Crippen molar-refractivity contribution < 1.29 is 9.59 Å². The molecule has 0 radical (unpaired) electrons. The Balaban J connectivity index is 1.95. The maximum atomic E-state index is 11.9. The second-order valence-electron chi connectivity index (χ2n) is 5.26. The third-order valence-electron chi connectivity index (χ3n) is 3.52. The normalized spacial score (nSPS) is 11.9. The van der Waals surface area contributed by atoms with Crippen LogP contribution in [0.3, 0.4) is 0 Å². The largest absolute Gasteiger partial charge is 0.370 e. The van der Waals surface area contributed by atoms with Gasteiger partial charge in [-0.15, -0.1) is 0 Å². The molecule has 0 unspecified atom stereocenters. The molecule has 0 saturated carbocycles. The molecule has 0 bridgehead atoms. The number of hydrogen-bond donors (Lipinski definition) is 3. The monoisotopic (exact) mass is 299 g/mol. The van der Waals surface area contributed by atoms with Gasteiger partial charge in [0.1, 0.15) is 0 Å². The average Bonchev–Trinajstić information content (AvgIpc) is 2.50. The molecule has 0 aliphatic heterocycles. The number of carbonyl (C=O) groups is 2. The Labute approximate surface area is 129 Å². The van der Waals surface area contributed by atoms with Gasteiger partial charge in [0, 0.05) is 13.0 Å². The third kappa shape index (κ3) is 4.22. The zero-order chi connectivity index (χ0) is 15.9. The molecular formula is C17H21N3O2. The predicted octanol–water partition coefficient (Wildman–Crippen LogP) is 2.47. The van der Waals surface area contributed by atoms with Crippen LogP contribution in [0.15, 0.2) is 42.5 Å². The number of hydrogen-bond acceptors (Lipinski definition) is 2. The highest BCUT2D eigenvalue weighted by molar-refractivity contribution is 5.86. The first kappa shape index (κ1) is 15.8. The summed E-state index contributed by atoms with van der Waals surface area (Å²) in [6.07, 6.45) is 0.824. The molecule has 1 atom stereocenters. The summed E-state index contributed by atoms with van der Waals surface area (Å²) in [6, 6.07) is 13.8. The minimum atomic E-state index is -0.355. The number of primary amides is 1. The maximum absolute atomic E-state index is 11.9. The molecule has 0 fully saturated rings. The number of nitrogens with two attached hydrogens (primary N) is 1. The number of nitrogens with one attached hydrogen (secondary N) is 2. The first-order valence-corrected chi connectivity index (χ1v) is 7.38. The van der Waals surface area contributed by atoms with Crippen molar-refractivity contribution in [1.29, 1.82) is 0 Å². The summed E-state index contributed by atoms with van der Waals surface area (Å²) in [4.78, 5) is 22.5. The Bertz CT molecular complexity index is 665. The summed E-state index contributed by atoms with van der Waals surface area (Å²) < 4.78 is 0. The minimum Gasteiger partial charge on any atom is -0.370 e. The van der Waals surface area contributed by atoms with Crippen molar-refractivity contribution in [2.75, 3.05) is 6.54 Å². The lowest BCUT2D eigenvalue weighted by Crippen LogP contribution is -2.37. The van der Waals surface area contributed by atoms with Gasteiger partial charge in [0.15, 0.2) is 0 Å². The summed E-state index contributed by atoms with van der Waals surface area (Å²) >= 11 is 0. The van der Waals surface area contributed by atoms with Crippen molar-refractivity contribution in [3.63, 3.8) is 0 Å². The molecule has 0 saturated heterocycles. The molecule has 0 aliphatic rings. The fourth-order valence-electron chi connectivity index (χ4n) is 2.42. The van der Waals surface area contributed by atoms with Gasteiger partial charge in [-0.05, 0) is 29.7 Å². The van der Waals surface area contributed by atoms with E-state index in [0.29, 0.717) is 13.0 Å². The zero-order valence-electron chi connectivity index (χ0n) is 12.6. The van der Waals surface area contributed by atoms with Gasteiger partial charge >= 0.3 is 6.03 Å². The van der Waals surface area contributed by atoms with E-state index in [9.17, 15) is 9.59 Å². The van der Waals surface area contributed by atoms with Gasteiger partial charge in [-0.1, -0.05) is 42.5 Å². The maximum Gasteiger partial charge on any atom is 0.315 e. The number of rotatable bonds is 6. The highest BCUT2D eigenvalue weighted by Crippen LogP contribution is 2.23. The van der Waals surface area contributed by atoms with Gasteiger partial charge in [0.05, 0.1) is 6.04 Å². The van der Waals surface area contributed by atoms with Crippen LogP contribution in [0.4, 0.5) is 4.79 Å². The molecule has 2 aromatic rings. The van der Waals surface area contributed by atoms with Crippen molar-refractivity contribution in [2.24, 2.45) is 5.73 Å². The Morgan fingerprint density at radius 1 is 1.14 bits per heavy atom. The lowest BCUT2D eigenvalue weighted by atomic mass is 10.00. The molecule has 0 aromatic heterocycles. The van der Waals surface area contributed by atoms with Gasteiger partial charge in [-0.2, -0.15) is 0 Å². The topological polar surface area (TPSA) is 84.2 Å². The van der Waals surface area contributed by atoms with Crippen molar-refractivity contribution in [3.8, 4) is 0 Å². The lowest BCUT2D eigenvalue weighted by Gasteiger charge is -2.17. The van der Waals surface area contributed by atoms with Crippen LogP contribution >= 0.6 is 0 Å². The standard InChI is InChI=1S/C17H21N3O2/c1-12(20-17(22)19-11-5-10-16(18)21)14-9-4-7-13-6-2-3-8-15(13)14/h2-4,6-9,12H,5,10-11H2,1H3,(H2,18,21)(H2,19,20,22)/t12-/m0/s1. The summed E-state index contributed by atoms with van der Waals surface area (Å²) in [5, 5.41) is 7.92. The van der Waals surface area contributed by atoms with E-state index < -0.39 is 0 Å². The van der Waals surface area contributed by atoms with E-state index in [1.165, 1.54) is 0 Å². The molecule has 0 aliphatic carbocycles. The van der Waals surface area contributed by atoms with E-state index in [2.05, 4.69) is 22.8 Å². The fourth-order valence-corrected chi connectivity index (χ4v) is 2.42. The first-order chi connectivity index (χ1) is 10.6. The number of urea groups is 1. The molecule has 116 valence electrons. The predicted molar refractivity (Wildman–Crippen MR) is 87.3 cm³/mol. The van der Waals surface area contributed by atoms with E-state index in [1.807, 2.05) is 37.3 Å². The molecule has 0 heterocycles. The minimum absolute atomic E-state index is 0.109. The number of fused-ring (bicyclic) bond motifs is 1. The first-order valence-electron chi connectivity index (χ1n) is 7.38. The molecule has 5 heteroatoms. The molecule has 3 amide bonds. The van der Waals surface area contributed by atoms with Crippen LogP contribution in [-0.4, -0.2) is 18.5 Å². The summed E-state index contributed by atoms with van der Waals surface area (Å²) in [5.41, 5.74) is 6.13. The van der Waals surface area contributed by atoms with Gasteiger partial charge in [-0.3, -0.25) is 4.79 Å². The number of carbonyl (C=O) groups excluding carboxylic acids is 2. The lowest BCUT2D eigenvalue weighted by molar-refractivity contribution is -0.118. The molecule has 0 spiro atoms. The van der Waals surface area contributed by atoms with Crippen molar-refractivity contribution in [3.05, 3.63) is 48.0 Å². The van der Waals surface area contributed by atoms with E-state index in [0.717, 1.165) is 16.3 Å². The molecular weight excluding hydrogens is 278 g/mol. The number of benzene rings is 2. The zero-order valence-corrected chi connectivity index (χ0v) is 12.6. The molecule has 2 aromatic carbocycles. The van der Waals surface area contributed by atoms with Crippen molar-refractivity contribution >= 4 is 22.7 Å². The van der Waals surface area contributed by atoms with Crippen LogP contribution in [0.2, 0.25) is 0 Å². The molecule has 2 rings (SSSR count). The smallest absolute Gasteiger partial charge is 0.315 e. The van der Waals surface area contributed by atoms with Crippen LogP contribution in [0, 0.1) is 0 Å². The Hall–Kier alpha value is -2.56. The van der Waals surface area contributed by atoms with Crippen molar-refractivity contribution in [1.82, 2.24) is 10.6 Å². The van der Waals surface area contributed by atoms with E-state index in [4.69, 9.17) is 5.73 Å². The summed E-state index contributed by atoms with van der Waals surface area (Å²) in [7, 11) is 0. The SMILES string of the molecule is C[C@H](NC(=O)NCCCC(N)=O)c1cccc2ccccc12. The summed E-state index contributed by atoms with van der Waals surface area (Å²) in [6.45, 7) is 2.38. The fraction of sp³-hybridized carbons (Fsp3) is 0.294. The quantitative estimate of drug-likeness (QED) is 0.716. The molecule has 5 nitrogen and oxygen atoms in total. The van der Waals surface area contributed by atoms with Gasteiger partial charge in [0.25, 0.3) is 0 Å². The van der Waals surface area contributed by atoms with Crippen LogP contribution in [0.25, 0.3) is 10.8 Å². The van der Waals surface area contributed by atoms with Crippen LogP contribution in [0.5, 0.6) is 0 Å². The second kappa shape index (κ2) is 7.45. The van der Waals surface area contributed by atoms with Crippen LogP contribution < -0.4 is 16.4 Å². The van der Waals surface area contributed by atoms with Gasteiger partial charge < -0.3 is 16.4 Å². The van der Waals surface area contributed by atoms with Gasteiger partial charge in [0.2, 0.25) is 5.91 Å². The Morgan fingerprint density at radius 2 is 1.86 bits per heavy atom.